The number of amides is 1. The number of nitrogens with zero attached hydrogens (tertiary/aromatic N) is 6. The number of carbonyl (C=O) groups is 1. The lowest BCUT2D eigenvalue weighted by molar-refractivity contribution is -0.138. The molecule has 40 heavy (non-hydrogen) atoms. The molecule has 0 aliphatic carbocycles. The van der Waals surface area contributed by atoms with E-state index < -0.39 is 43.7 Å². The quantitative estimate of drug-likeness (QED) is 0.251. The average Bonchev–Trinajstić information content (AvgIpc) is 2.88. The monoisotopic (exact) mass is 604 g/mol. The Bertz CT molecular complexity index is 1490. The molecule has 0 aromatic carbocycles. The second-order valence-corrected chi connectivity index (χ2v) is 11.9. The summed E-state index contributed by atoms with van der Waals surface area (Å²) >= 11 is 5.34. The number of hydrogen-bond donors (Lipinski definition) is 2. The van der Waals surface area contributed by atoms with Crippen LogP contribution >= 0.6 is 12.2 Å². The molecule has 0 spiro atoms. The van der Waals surface area contributed by atoms with E-state index in [2.05, 4.69) is 20.0 Å². The first-order valence-corrected chi connectivity index (χ1v) is 14.7. The molecule has 3 aromatic heterocycles. The minimum Gasteiger partial charge on any atom is -0.410 e. The number of aromatic nitrogens is 5. The highest BCUT2D eigenvalue weighted by Crippen LogP contribution is 2.31. The van der Waals surface area contributed by atoms with Crippen molar-refractivity contribution in [1.29, 1.82) is 0 Å². The van der Waals surface area contributed by atoms with Gasteiger partial charge in [0.05, 0.1) is 23.0 Å². The van der Waals surface area contributed by atoms with Crippen LogP contribution in [0, 0.1) is 4.64 Å². The Morgan fingerprint density at radius 3 is 2.30 bits per heavy atom. The number of alkyl halides is 6. The zero-order valence-electron chi connectivity index (χ0n) is 20.8. The van der Waals surface area contributed by atoms with E-state index in [1.807, 2.05) is 0 Å². The van der Waals surface area contributed by atoms with Crippen LogP contribution in [-0.4, -0.2) is 70.7 Å². The van der Waals surface area contributed by atoms with Crippen molar-refractivity contribution in [3.05, 3.63) is 68.6 Å². The highest BCUT2D eigenvalue weighted by atomic mass is 32.1. The van der Waals surface area contributed by atoms with Gasteiger partial charge in [-0.25, -0.2) is 15.1 Å². The summed E-state index contributed by atoms with van der Waals surface area (Å²) in [4.78, 5) is 38.5. The van der Waals surface area contributed by atoms with Gasteiger partial charge in [0.1, 0.15) is 10.2 Å². The van der Waals surface area contributed by atoms with Gasteiger partial charge in [-0.1, -0.05) is 18.8 Å². The van der Waals surface area contributed by atoms with Crippen molar-refractivity contribution < 1.29 is 31.1 Å². The summed E-state index contributed by atoms with van der Waals surface area (Å²) in [6.45, 7) is 2.86. The largest absolute Gasteiger partial charge is 0.423 e. The van der Waals surface area contributed by atoms with Crippen molar-refractivity contribution in [2.24, 2.45) is 0 Å². The van der Waals surface area contributed by atoms with Gasteiger partial charge in [0.15, 0.2) is 8.96 Å². The number of nitrogens with one attached hydrogen (secondary N) is 2. The van der Waals surface area contributed by atoms with Crippen LogP contribution in [0.15, 0.2) is 41.7 Å². The third-order valence-electron chi connectivity index (χ3n) is 6.06. The smallest absolute Gasteiger partial charge is 0.410 e. The van der Waals surface area contributed by atoms with Crippen molar-refractivity contribution in [2.75, 3.05) is 36.1 Å². The molecule has 3 aromatic rings. The van der Waals surface area contributed by atoms with Crippen molar-refractivity contribution in [3.63, 3.8) is 0 Å². The Labute approximate surface area is 229 Å². The first-order valence-electron chi connectivity index (χ1n) is 11.8. The maximum atomic E-state index is 13.4. The number of rotatable bonds is 6. The summed E-state index contributed by atoms with van der Waals surface area (Å²) < 4.78 is 80.3. The van der Waals surface area contributed by atoms with Crippen LogP contribution in [0.5, 0.6) is 0 Å². The lowest BCUT2D eigenvalue weighted by Crippen LogP contribution is -2.49. The molecule has 4 rings (SSSR count). The van der Waals surface area contributed by atoms with Gasteiger partial charge in [-0.05, 0) is 12.1 Å². The highest BCUT2D eigenvalue weighted by molar-refractivity contribution is 7.71. The van der Waals surface area contributed by atoms with Gasteiger partial charge < -0.3 is 19.3 Å². The molecule has 214 valence electrons. The summed E-state index contributed by atoms with van der Waals surface area (Å²) in [6.07, 6.45) is -5.35. The molecular weight excluding hydrogens is 582 g/mol. The van der Waals surface area contributed by atoms with Crippen molar-refractivity contribution in [2.45, 2.75) is 25.1 Å². The molecule has 0 unspecified atom stereocenters. The van der Waals surface area contributed by atoms with Crippen LogP contribution in [0.25, 0.3) is 0 Å². The first-order chi connectivity index (χ1) is 18.7. The van der Waals surface area contributed by atoms with Crippen LogP contribution in [0.2, 0.25) is 6.55 Å². The third-order valence-corrected chi connectivity index (χ3v) is 8.17. The highest BCUT2D eigenvalue weighted by Gasteiger charge is 2.37. The zero-order valence-corrected chi connectivity index (χ0v) is 22.7. The van der Waals surface area contributed by atoms with E-state index in [1.54, 1.807) is 38.1 Å². The second kappa shape index (κ2) is 11.4. The number of halogens is 6. The molecule has 1 saturated heterocycles. The number of hydrogen-bond acceptors (Lipinski definition) is 8. The Balaban J connectivity index is 1.41. The molecule has 0 bridgehead atoms. The predicted molar refractivity (Wildman–Crippen MR) is 137 cm³/mol. The van der Waals surface area contributed by atoms with Gasteiger partial charge >= 0.3 is 12.4 Å². The Kier molecular flexibility index (Phi) is 8.29. The summed E-state index contributed by atoms with van der Waals surface area (Å²) in [5, 5.41) is 5.24. The molecule has 0 saturated carbocycles. The summed E-state index contributed by atoms with van der Waals surface area (Å²) in [6, 6.07) is 3.10. The van der Waals surface area contributed by atoms with E-state index in [9.17, 15) is 35.9 Å². The maximum Gasteiger partial charge on any atom is 0.423 e. The van der Waals surface area contributed by atoms with E-state index in [1.165, 1.54) is 6.20 Å². The van der Waals surface area contributed by atoms with Crippen molar-refractivity contribution >= 4 is 38.7 Å². The number of pyridine rings is 1. The van der Waals surface area contributed by atoms with Crippen LogP contribution in [-0.2, 0) is 18.5 Å². The van der Waals surface area contributed by atoms with Crippen molar-refractivity contribution in [3.8, 4) is 0 Å². The molecule has 1 aliphatic rings. The van der Waals surface area contributed by atoms with Gasteiger partial charge in [-0.15, -0.1) is 0 Å². The lowest BCUT2D eigenvalue weighted by atomic mass is 10.2. The molecule has 18 heteroatoms. The number of H-pyrrole nitrogens is 1. The molecule has 4 heterocycles. The minimum absolute atomic E-state index is 0.129. The Morgan fingerprint density at radius 1 is 1.05 bits per heavy atom. The van der Waals surface area contributed by atoms with Gasteiger partial charge in [-0.3, -0.25) is 9.59 Å². The first kappa shape index (κ1) is 29.2. The molecule has 1 amide bonds. The van der Waals surface area contributed by atoms with E-state index in [0.29, 0.717) is 35.7 Å². The maximum absolute atomic E-state index is 13.4. The molecule has 1 fully saturated rings. The molecule has 2 N–H and O–H groups in total. The summed E-state index contributed by atoms with van der Waals surface area (Å²) in [5.41, 5.74) is -3.79. The van der Waals surface area contributed by atoms with Gasteiger partial charge in [0.25, 0.3) is 11.5 Å². The van der Waals surface area contributed by atoms with E-state index in [4.69, 9.17) is 12.2 Å². The minimum atomic E-state index is -4.88. The van der Waals surface area contributed by atoms with Gasteiger partial charge in [-0.2, -0.15) is 31.4 Å². The fraction of sp³-hybridized carbons (Fsp3) is 0.364. The molecule has 1 atom stereocenters. The SMILES string of the molecule is C[Si@@H](Cn1cc(C(=O)N2CCN(c3ncc(C(F)(F)F)cn3)CC2)ccc1=S)Nc1cn[nH]c(=O)c1C(F)(F)F. The Morgan fingerprint density at radius 2 is 1.70 bits per heavy atom. The lowest BCUT2D eigenvalue weighted by Gasteiger charge is -2.34. The fourth-order valence-electron chi connectivity index (χ4n) is 4.12. The number of piperazine rings is 1. The van der Waals surface area contributed by atoms with E-state index >= 15 is 0 Å². The average molecular weight is 605 g/mol. The molecular formula is C22H22F6N8O2SSi. The number of anilines is 2. The number of aromatic amines is 1. The van der Waals surface area contributed by atoms with Crippen molar-refractivity contribution in [1.82, 2.24) is 29.6 Å². The summed E-state index contributed by atoms with van der Waals surface area (Å²) in [5.74, 6) is -0.179. The fourth-order valence-corrected chi connectivity index (χ4v) is 6.18. The van der Waals surface area contributed by atoms with E-state index in [0.717, 1.165) is 6.20 Å². The normalized spacial score (nSPS) is 15.2. The second-order valence-electron chi connectivity index (χ2n) is 8.99. The van der Waals surface area contributed by atoms with E-state index in [-0.39, 0.29) is 31.1 Å². The van der Waals surface area contributed by atoms with Crippen LogP contribution in [0.3, 0.4) is 0 Å². The molecule has 10 nitrogen and oxygen atoms in total. The third kappa shape index (κ3) is 6.66. The topological polar surface area (TPSA) is 112 Å². The number of carbonyl (C=O) groups excluding carboxylic acids is 1. The summed E-state index contributed by atoms with van der Waals surface area (Å²) in [7, 11) is -2.21. The predicted octanol–water partition coefficient (Wildman–Crippen LogP) is 3.10. The molecule has 0 radical (unpaired) electrons. The zero-order chi connectivity index (χ0) is 29.2. The molecule has 1 aliphatic heterocycles. The standard InChI is InChI=1S/C22H22F6N8O2SSi/c1-40(33-15-10-31-32-18(37)17(15)22(26,27)28)12-36-11-13(2-3-16(36)39)19(38)34-4-6-35(7-5-34)20-29-8-14(9-30-20)21(23,24)25/h2-3,8-11,40H,4-7,12H2,1H3,(H2,32,33,37)/t40-/m0/s1. The van der Waals surface area contributed by atoms with Crippen LogP contribution in [0.4, 0.5) is 38.0 Å². The van der Waals surface area contributed by atoms with Crippen LogP contribution < -0.4 is 15.4 Å². The van der Waals surface area contributed by atoms with Gasteiger partial charge in [0.2, 0.25) is 5.95 Å². The van der Waals surface area contributed by atoms with Gasteiger partial charge in [0, 0.05) is 50.9 Å². The Hall–Kier alpha value is -3.80. The van der Waals surface area contributed by atoms with Crippen LogP contribution in [0.1, 0.15) is 21.5 Å².